The Labute approximate surface area is 174 Å². The topological polar surface area (TPSA) is 80.9 Å². The van der Waals surface area contributed by atoms with Gasteiger partial charge in [0.2, 0.25) is 0 Å². The number of methoxy groups -OCH3 is 1. The Hall–Kier alpha value is -2.90. The van der Waals surface area contributed by atoms with Gasteiger partial charge in [-0.25, -0.2) is 10.2 Å². The minimum Gasteiger partial charge on any atom is -0.465 e. The molecule has 6 nitrogen and oxygen atoms in total. The minimum atomic E-state index is -0.509. The second-order valence-corrected chi connectivity index (χ2v) is 6.92. The van der Waals surface area contributed by atoms with E-state index in [9.17, 15) is 9.59 Å². The lowest BCUT2D eigenvalue weighted by molar-refractivity contribution is 0.0600. The average molecular weight is 462 g/mol. The zero-order valence-corrected chi connectivity index (χ0v) is 17.0. The number of esters is 1. The zero-order valence-electron chi connectivity index (χ0n) is 14.6. The first-order valence-corrected chi connectivity index (χ1v) is 9.22. The lowest BCUT2D eigenvalue weighted by Crippen LogP contribution is -2.17. The van der Waals surface area contributed by atoms with Crippen LogP contribution in [0, 0.1) is 0 Å². The Morgan fingerprint density at radius 2 is 2.00 bits per heavy atom. The Kier molecular flexibility index (Phi) is 6.28. The van der Waals surface area contributed by atoms with Gasteiger partial charge < -0.3 is 9.15 Å². The Morgan fingerprint density at radius 3 is 2.71 bits per heavy atom. The summed E-state index contributed by atoms with van der Waals surface area (Å²) in [5.41, 5.74) is 3.88. The van der Waals surface area contributed by atoms with E-state index in [1.165, 1.54) is 13.3 Å². The number of furan rings is 1. The van der Waals surface area contributed by atoms with Crippen LogP contribution in [0.2, 0.25) is 5.02 Å². The lowest BCUT2D eigenvalue weighted by atomic mass is 10.1. The highest BCUT2D eigenvalue weighted by Gasteiger charge is 2.13. The highest BCUT2D eigenvalue weighted by molar-refractivity contribution is 9.10. The second-order valence-electron chi connectivity index (χ2n) is 5.60. The number of nitrogens with one attached hydrogen (secondary N) is 1. The molecule has 0 spiro atoms. The van der Waals surface area contributed by atoms with Gasteiger partial charge in [-0.1, -0.05) is 39.7 Å². The minimum absolute atomic E-state index is 0.261. The molecule has 1 aromatic heterocycles. The molecule has 1 amide bonds. The van der Waals surface area contributed by atoms with Crippen molar-refractivity contribution in [1.82, 2.24) is 5.43 Å². The van der Waals surface area contributed by atoms with Crippen molar-refractivity contribution >= 4 is 45.6 Å². The first-order valence-electron chi connectivity index (χ1n) is 8.05. The van der Waals surface area contributed by atoms with Gasteiger partial charge in [-0.3, -0.25) is 4.79 Å². The fourth-order valence-corrected chi connectivity index (χ4v) is 3.03. The Morgan fingerprint density at radius 1 is 1.18 bits per heavy atom. The van der Waals surface area contributed by atoms with E-state index in [-0.39, 0.29) is 16.5 Å². The van der Waals surface area contributed by atoms with Crippen molar-refractivity contribution in [2.45, 2.75) is 0 Å². The van der Waals surface area contributed by atoms with Crippen molar-refractivity contribution in [2.24, 2.45) is 5.10 Å². The molecule has 0 fully saturated rings. The van der Waals surface area contributed by atoms with Crippen molar-refractivity contribution < 1.29 is 18.7 Å². The molecule has 0 aliphatic rings. The molecule has 0 radical (unpaired) electrons. The van der Waals surface area contributed by atoms with Gasteiger partial charge in [0.25, 0.3) is 5.91 Å². The molecule has 3 aromatic rings. The summed E-state index contributed by atoms with van der Waals surface area (Å²) < 4.78 is 11.1. The summed E-state index contributed by atoms with van der Waals surface area (Å²) >= 11 is 9.44. The van der Waals surface area contributed by atoms with Gasteiger partial charge in [-0.05, 0) is 42.5 Å². The number of carbonyl (C=O) groups excluding carboxylic acids is 2. The van der Waals surface area contributed by atoms with Crippen LogP contribution in [0.15, 0.2) is 68.6 Å². The highest BCUT2D eigenvalue weighted by Crippen LogP contribution is 2.27. The van der Waals surface area contributed by atoms with E-state index >= 15 is 0 Å². The zero-order chi connectivity index (χ0) is 20.1. The summed E-state index contributed by atoms with van der Waals surface area (Å²) in [6, 6.07) is 15.3. The summed E-state index contributed by atoms with van der Waals surface area (Å²) in [7, 11) is 1.29. The number of hydrogen-bond donors (Lipinski definition) is 1. The van der Waals surface area contributed by atoms with Gasteiger partial charge in [0.15, 0.2) is 0 Å². The van der Waals surface area contributed by atoms with Crippen LogP contribution in [0.25, 0.3) is 11.3 Å². The molecule has 8 heteroatoms. The van der Waals surface area contributed by atoms with Crippen LogP contribution in [0.3, 0.4) is 0 Å². The fraction of sp³-hybridized carbons (Fsp3) is 0.0500. The standard InChI is InChI=1S/C20H14BrClN2O4/c1-27-20(26)16-7-5-12(10-17(16)22)18-8-6-15(28-18)11-23-24-19(25)13-3-2-4-14(21)9-13/h2-11H,1H3,(H,24,25). The summed E-state index contributed by atoms with van der Waals surface area (Å²) in [6.45, 7) is 0. The maximum absolute atomic E-state index is 12.0. The maximum Gasteiger partial charge on any atom is 0.339 e. The van der Waals surface area contributed by atoms with E-state index in [2.05, 4.69) is 31.2 Å². The number of hydrazone groups is 1. The molecule has 0 aliphatic carbocycles. The third-order valence-electron chi connectivity index (χ3n) is 3.73. The van der Waals surface area contributed by atoms with E-state index in [0.29, 0.717) is 22.6 Å². The van der Waals surface area contributed by atoms with Gasteiger partial charge in [0.1, 0.15) is 11.5 Å². The van der Waals surface area contributed by atoms with Crippen LogP contribution in [0.1, 0.15) is 26.5 Å². The molecule has 0 atom stereocenters. The predicted molar refractivity (Wildman–Crippen MR) is 110 cm³/mol. The molecule has 0 saturated carbocycles. The summed E-state index contributed by atoms with van der Waals surface area (Å²) in [5.74, 6) is 0.135. The van der Waals surface area contributed by atoms with E-state index < -0.39 is 5.97 Å². The predicted octanol–water partition coefficient (Wildman–Crippen LogP) is 4.91. The molecule has 1 N–H and O–H groups in total. The monoisotopic (exact) mass is 460 g/mol. The molecule has 0 bridgehead atoms. The molecule has 28 heavy (non-hydrogen) atoms. The van der Waals surface area contributed by atoms with Gasteiger partial charge in [0, 0.05) is 15.6 Å². The van der Waals surface area contributed by atoms with Crippen molar-refractivity contribution in [2.75, 3.05) is 7.11 Å². The number of nitrogens with zero attached hydrogens (tertiary/aromatic N) is 1. The van der Waals surface area contributed by atoms with Gasteiger partial charge >= 0.3 is 5.97 Å². The Balaban J connectivity index is 1.69. The highest BCUT2D eigenvalue weighted by atomic mass is 79.9. The van der Waals surface area contributed by atoms with E-state index in [4.69, 9.17) is 16.0 Å². The van der Waals surface area contributed by atoms with E-state index in [1.54, 1.807) is 48.5 Å². The number of halogens is 2. The van der Waals surface area contributed by atoms with Gasteiger partial charge in [-0.2, -0.15) is 5.10 Å². The maximum atomic E-state index is 12.0. The van der Waals surface area contributed by atoms with Crippen LogP contribution < -0.4 is 5.43 Å². The largest absolute Gasteiger partial charge is 0.465 e. The molecular formula is C20H14BrClN2O4. The van der Waals surface area contributed by atoms with Crippen LogP contribution in [0.5, 0.6) is 0 Å². The van der Waals surface area contributed by atoms with Gasteiger partial charge in [0.05, 0.1) is 23.9 Å². The molecule has 142 valence electrons. The third kappa shape index (κ3) is 4.68. The smallest absolute Gasteiger partial charge is 0.339 e. The molecule has 0 unspecified atom stereocenters. The van der Waals surface area contributed by atoms with Crippen molar-refractivity contribution in [3.05, 3.63) is 81.0 Å². The van der Waals surface area contributed by atoms with Crippen molar-refractivity contribution in [3.8, 4) is 11.3 Å². The number of hydrogen-bond acceptors (Lipinski definition) is 5. The number of amides is 1. The fourth-order valence-electron chi connectivity index (χ4n) is 2.37. The van der Waals surface area contributed by atoms with Crippen LogP contribution in [0.4, 0.5) is 0 Å². The molecule has 1 heterocycles. The molecule has 2 aromatic carbocycles. The van der Waals surface area contributed by atoms with E-state index in [1.807, 2.05) is 6.07 Å². The first kappa shape index (κ1) is 19.9. The molecule has 0 aliphatic heterocycles. The lowest BCUT2D eigenvalue weighted by Gasteiger charge is -2.04. The number of ether oxygens (including phenoxy) is 1. The molecule has 3 rings (SSSR count). The van der Waals surface area contributed by atoms with Crippen molar-refractivity contribution in [1.29, 1.82) is 0 Å². The third-order valence-corrected chi connectivity index (χ3v) is 4.54. The number of rotatable bonds is 5. The quantitative estimate of drug-likeness (QED) is 0.332. The van der Waals surface area contributed by atoms with Crippen LogP contribution >= 0.6 is 27.5 Å². The van der Waals surface area contributed by atoms with Crippen LogP contribution in [-0.4, -0.2) is 25.2 Å². The second kappa shape index (κ2) is 8.86. The van der Waals surface area contributed by atoms with Gasteiger partial charge in [-0.15, -0.1) is 0 Å². The molecular weight excluding hydrogens is 448 g/mol. The van der Waals surface area contributed by atoms with Crippen LogP contribution in [-0.2, 0) is 4.74 Å². The van der Waals surface area contributed by atoms with E-state index in [0.717, 1.165) is 4.47 Å². The summed E-state index contributed by atoms with van der Waals surface area (Å²) in [6.07, 6.45) is 1.39. The normalized spacial score (nSPS) is 10.8. The summed E-state index contributed by atoms with van der Waals surface area (Å²) in [5, 5.41) is 4.16. The summed E-state index contributed by atoms with van der Waals surface area (Å²) in [4.78, 5) is 23.6. The first-order chi connectivity index (χ1) is 13.5. The van der Waals surface area contributed by atoms with Crippen molar-refractivity contribution in [3.63, 3.8) is 0 Å². The molecule has 0 saturated heterocycles. The number of benzene rings is 2. The Bertz CT molecular complexity index is 1060. The average Bonchev–Trinajstić information content (AvgIpc) is 3.16. The SMILES string of the molecule is COC(=O)c1ccc(-c2ccc(C=NNC(=O)c3cccc(Br)c3)o2)cc1Cl. The number of carbonyl (C=O) groups is 2.